The Balaban J connectivity index is 1.97. The zero-order chi connectivity index (χ0) is 16.1. The smallest absolute Gasteiger partial charge is 0.123 e. The lowest BCUT2D eigenvalue weighted by Crippen LogP contribution is -1.83. The minimum atomic E-state index is -0.204. The van der Waals surface area contributed by atoms with Crippen LogP contribution in [0.5, 0.6) is 0 Å². The lowest BCUT2D eigenvalue weighted by Gasteiger charge is -2.09. The molecule has 0 bridgehead atoms. The Morgan fingerprint density at radius 2 is 1.29 bits per heavy atom. The Bertz CT molecular complexity index is 1200. The van der Waals surface area contributed by atoms with Crippen molar-refractivity contribution in [1.29, 1.82) is 0 Å². The maximum atomic E-state index is 13.3. The van der Waals surface area contributed by atoms with Crippen molar-refractivity contribution in [2.75, 3.05) is 0 Å². The van der Waals surface area contributed by atoms with Crippen LogP contribution in [0.2, 0.25) is 0 Å². The van der Waals surface area contributed by atoms with Crippen LogP contribution in [0.3, 0.4) is 0 Å². The van der Waals surface area contributed by atoms with Gasteiger partial charge < -0.3 is 0 Å². The summed E-state index contributed by atoms with van der Waals surface area (Å²) in [5, 5.41) is 5.03. The highest BCUT2D eigenvalue weighted by atomic mass is 32.1. The number of hydrogen-bond acceptors (Lipinski definition) is 1. The molecular weight excluding hydrogens is 315 g/mol. The molecule has 4 aromatic carbocycles. The second-order valence-electron chi connectivity index (χ2n) is 5.95. The standard InChI is InChI=1S/C22H13FS/c23-15-11-9-14(10-12-15)19-13-20-17-6-3-4-8-21(17)24-22(20)18-7-2-1-5-16(18)19/h1-13H. The van der Waals surface area contributed by atoms with Crippen molar-refractivity contribution in [3.8, 4) is 11.1 Å². The number of rotatable bonds is 1. The topological polar surface area (TPSA) is 0 Å². The van der Waals surface area contributed by atoms with Gasteiger partial charge >= 0.3 is 0 Å². The number of hydrogen-bond donors (Lipinski definition) is 0. The van der Waals surface area contributed by atoms with Gasteiger partial charge in [0.25, 0.3) is 0 Å². The molecule has 114 valence electrons. The van der Waals surface area contributed by atoms with Crippen molar-refractivity contribution in [2.24, 2.45) is 0 Å². The summed E-state index contributed by atoms with van der Waals surface area (Å²) in [5.74, 6) is -0.204. The molecular formula is C22H13FS. The minimum absolute atomic E-state index is 0.204. The molecule has 0 atom stereocenters. The maximum Gasteiger partial charge on any atom is 0.123 e. The fourth-order valence-electron chi connectivity index (χ4n) is 3.42. The molecule has 5 rings (SSSR count). The van der Waals surface area contributed by atoms with Gasteiger partial charge in [-0.15, -0.1) is 11.3 Å². The Morgan fingerprint density at radius 1 is 0.625 bits per heavy atom. The highest BCUT2D eigenvalue weighted by molar-refractivity contribution is 7.26. The molecule has 0 nitrogen and oxygen atoms in total. The van der Waals surface area contributed by atoms with Gasteiger partial charge in [0.05, 0.1) is 0 Å². The van der Waals surface area contributed by atoms with Gasteiger partial charge in [0, 0.05) is 25.6 Å². The van der Waals surface area contributed by atoms with Crippen LogP contribution in [0.25, 0.3) is 42.1 Å². The lowest BCUT2D eigenvalue weighted by atomic mass is 9.95. The highest BCUT2D eigenvalue weighted by Gasteiger charge is 2.12. The molecule has 0 saturated heterocycles. The van der Waals surface area contributed by atoms with Crippen molar-refractivity contribution in [3.05, 3.63) is 84.7 Å². The fraction of sp³-hybridized carbons (Fsp3) is 0. The summed E-state index contributed by atoms with van der Waals surface area (Å²) < 4.78 is 15.9. The van der Waals surface area contributed by atoms with Crippen molar-refractivity contribution in [3.63, 3.8) is 0 Å². The average Bonchev–Trinajstić information content (AvgIpc) is 3.01. The van der Waals surface area contributed by atoms with Crippen LogP contribution in [0, 0.1) is 5.82 Å². The van der Waals surface area contributed by atoms with E-state index in [1.54, 1.807) is 0 Å². The van der Waals surface area contributed by atoms with Crippen LogP contribution < -0.4 is 0 Å². The second kappa shape index (κ2) is 5.15. The van der Waals surface area contributed by atoms with Gasteiger partial charge in [-0.05, 0) is 40.8 Å². The number of benzene rings is 4. The van der Waals surface area contributed by atoms with E-state index in [0.29, 0.717) is 0 Å². The minimum Gasteiger partial charge on any atom is -0.207 e. The predicted octanol–water partition coefficient (Wildman–Crippen LogP) is 7.01. The van der Waals surface area contributed by atoms with Gasteiger partial charge in [0.1, 0.15) is 5.82 Å². The quantitative estimate of drug-likeness (QED) is 0.310. The highest BCUT2D eigenvalue weighted by Crippen LogP contribution is 2.42. The van der Waals surface area contributed by atoms with E-state index in [0.717, 1.165) is 11.1 Å². The molecule has 0 aliphatic carbocycles. The van der Waals surface area contributed by atoms with E-state index in [-0.39, 0.29) is 5.82 Å². The Labute approximate surface area is 142 Å². The maximum absolute atomic E-state index is 13.3. The van der Waals surface area contributed by atoms with Crippen molar-refractivity contribution < 1.29 is 4.39 Å². The molecule has 0 aliphatic heterocycles. The molecule has 2 heteroatoms. The predicted molar refractivity (Wildman–Crippen MR) is 102 cm³/mol. The SMILES string of the molecule is Fc1ccc(-c2cc3c4ccccc4sc3c3ccccc23)cc1. The summed E-state index contributed by atoms with van der Waals surface area (Å²) in [6, 6.07) is 26.0. The van der Waals surface area contributed by atoms with Crippen LogP contribution in [-0.2, 0) is 0 Å². The summed E-state index contributed by atoms with van der Waals surface area (Å²) >= 11 is 1.84. The van der Waals surface area contributed by atoms with Gasteiger partial charge in [0.15, 0.2) is 0 Å². The fourth-order valence-corrected chi connectivity index (χ4v) is 4.64. The Morgan fingerprint density at radius 3 is 2.08 bits per heavy atom. The zero-order valence-electron chi connectivity index (χ0n) is 12.8. The Hall–Kier alpha value is -2.71. The van der Waals surface area contributed by atoms with E-state index in [9.17, 15) is 4.39 Å². The van der Waals surface area contributed by atoms with Crippen molar-refractivity contribution in [1.82, 2.24) is 0 Å². The molecule has 0 fully saturated rings. The van der Waals surface area contributed by atoms with Gasteiger partial charge in [-0.1, -0.05) is 54.6 Å². The number of thiophene rings is 1. The first-order valence-corrected chi connectivity index (χ1v) is 8.72. The molecule has 24 heavy (non-hydrogen) atoms. The van der Waals surface area contributed by atoms with Crippen LogP contribution in [0.1, 0.15) is 0 Å². The molecule has 0 aliphatic rings. The first kappa shape index (κ1) is 13.7. The molecule has 0 radical (unpaired) electrons. The first-order chi connectivity index (χ1) is 11.8. The molecule has 1 heterocycles. The summed E-state index contributed by atoms with van der Waals surface area (Å²) in [4.78, 5) is 0. The lowest BCUT2D eigenvalue weighted by molar-refractivity contribution is 0.628. The number of fused-ring (bicyclic) bond motifs is 5. The van der Waals surface area contributed by atoms with Crippen molar-refractivity contribution in [2.45, 2.75) is 0 Å². The zero-order valence-corrected chi connectivity index (χ0v) is 13.6. The van der Waals surface area contributed by atoms with E-state index in [2.05, 4.69) is 54.6 Å². The summed E-state index contributed by atoms with van der Waals surface area (Å²) in [6.07, 6.45) is 0. The first-order valence-electron chi connectivity index (χ1n) is 7.90. The molecule has 0 amide bonds. The molecule has 0 spiro atoms. The molecule has 0 saturated carbocycles. The van der Waals surface area contributed by atoms with Crippen LogP contribution in [-0.4, -0.2) is 0 Å². The summed E-state index contributed by atoms with van der Waals surface area (Å²) in [6.45, 7) is 0. The molecule has 0 N–H and O–H groups in total. The molecule has 5 aromatic rings. The van der Waals surface area contributed by atoms with Gasteiger partial charge in [0.2, 0.25) is 0 Å². The van der Waals surface area contributed by atoms with E-state index in [4.69, 9.17) is 0 Å². The van der Waals surface area contributed by atoms with E-state index in [1.807, 2.05) is 23.5 Å². The second-order valence-corrected chi connectivity index (χ2v) is 7.00. The van der Waals surface area contributed by atoms with Gasteiger partial charge in [-0.25, -0.2) is 4.39 Å². The molecule has 0 unspecified atom stereocenters. The normalized spacial score (nSPS) is 11.5. The van der Waals surface area contributed by atoms with Crippen LogP contribution >= 0.6 is 11.3 Å². The average molecular weight is 328 g/mol. The summed E-state index contributed by atoms with van der Waals surface area (Å²) in [5.41, 5.74) is 2.20. The Kier molecular flexibility index (Phi) is 2.94. The van der Waals surface area contributed by atoms with Gasteiger partial charge in [-0.2, -0.15) is 0 Å². The largest absolute Gasteiger partial charge is 0.207 e. The number of halogens is 1. The van der Waals surface area contributed by atoms with Crippen molar-refractivity contribution >= 4 is 42.3 Å². The third-order valence-corrected chi connectivity index (χ3v) is 5.76. The van der Waals surface area contributed by atoms with E-state index >= 15 is 0 Å². The van der Waals surface area contributed by atoms with Crippen LogP contribution in [0.4, 0.5) is 4.39 Å². The molecule has 1 aromatic heterocycles. The third kappa shape index (κ3) is 1.97. The van der Waals surface area contributed by atoms with Crippen LogP contribution in [0.15, 0.2) is 78.9 Å². The van der Waals surface area contributed by atoms with Gasteiger partial charge in [-0.3, -0.25) is 0 Å². The third-order valence-electron chi connectivity index (χ3n) is 4.54. The monoisotopic (exact) mass is 328 g/mol. The summed E-state index contributed by atoms with van der Waals surface area (Å²) in [7, 11) is 0. The van der Waals surface area contributed by atoms with E-state index < -0.39 is 0 Å². The van der Waals surface area contributed by atoms with E-state index in [1.165, 1.54) is 43.1 Å².